The number of hydrogen-bond donors (Lipinski definition) is 1. The number of nitrogens with two attached hydrogens (primary N) is 1. The van der Waals surface area contributed by atoms with E-state index in [4.69, 9.17) is 10.3 Å². The molecule has 0 atom stereocenters. The molecule has 1 amide bonds. The highest BCUT2D eigenvalue weighted by molar-refractivity contribution is 5.93. The monoisotopic (exact) mass is 264 g/mol. The summed E-state index contributed by atoms with van der Waals surface area (Å²) in [6, 6.07) is 18.6. The van der Waals surface area contributed by atoms with Gasteiger partial charge in [0.2, 0.25) is 5.91 Å². The molecular weight excluding hydrogens is 252 g/mol. The summed E-state index contributed by atoms with van der Waals surface area (Å²) in [5.41, 5.74) is 8.25. The van der Waals surface area contributed by atoms with Crippen molar-refractivity contribution < 1.29 is 9.32 Å². The smallest absolute Gasteiger partial charge is 0.248 e. The van der Waals surface area contributed by atoms with Crippen LogP contribution in [0.2, 0.25) is 0 Å². The third-order valence-corrected chi connectivity index (χ3v) is 3.03. The van der Waals surface area contributed by atoms with Crippen LogP contribution in [0, 0.1) is 0 Å². The average Bonchev–Trinajstić information content (AvgIpc) is 2.98. The van der Waals surface area contributed by atoms with Crippen molar-refractivity contribution in [3.05, 3.63) is 66.2 Å². The molecule has 1 heterocycles. The molecule has 0 bridgehead atoms. The van der Waals surface area contributed by atoms with Gasteiger partial charge in [-0.05, 0) is 12.1 Å². The Balaban J connectivity index is 1.92. The first kappa shape index (κ1) is 12.2. The molecule has 0 saturated carbocycles. The van der Waals surface area contributed by atoms with Crippen LogP contribution in [-0.2, 0) is 0 Å². The first-order valence-electron chi connectivity index (χ1n) is 6.16. The van der Waals surface area contributed by atoms with Crippen molar-refractivity contribution >= 4 is 5.91 Å². The maximum absolute atomic E-state index is 11.0. The van der Waals surface area contributed by atoms with Crippen LogP contribution in [0.15, 0.2) is 65.2 Å². The lowest BCUT2D eigenvalue weighted by Gasteiger charge is -1.97. The maximum atomic E-state index is 11.0. The first-order valence-corrected chi connectivity index (χ1v) is 6.16. The highest BCUT2D eigenvalue weighted by Gasteiger charge is 2.08. The van der Waals surface area contributed by atoms with Crippen LogP contribution in [0.5, 0.6) is 0 Å². The van der Waals surface area contributed by atoms with Gasteiger partial charge in [0.15, 0.2) is 5.76 Å². The Morgan fingerprint density at radius 3 is 2.30 bits per heavy atom. The fourth-order valence-corrected chi connectivity index (χ4v) is 1.95. The molecule has 0 aliphatic carbocycles. The van der Waals surface area contributed by atoms with Crippen LogP contribution in [0.1, 0.15) is 10.4 Å². The SMILES string of the molecule is NC(=O)c1ccc(-c2cc(-c3ccccc3)on2)cc1. The second-order valence-electron chi connectivity index (χ2n) is 4.38. The molecule has 0 aliphatic rings. The van der Waals surface area contributed by atoms with Gasteiger partial charge in [-0.2, -0.15) is 0 Å². The van der Waals surface area contributed by atoms with Crippen molar-refractivity contribution in [2.24, 2.45) is 5.73 Å². The number of primary amides is 1. The highest BCUT2D eigenvalue weighted by atomic mass is 16.5. The fraction of sp³-hybridized carbons (Fsp3) is 0. The van der Waals surface area contributed by atoms with Crippen molar-refractivity contribution in [2.75, 3.05) is 0 Å². The average molecular weight is 264 g/mol. The molecule has 98 valence electrons. The molecule has 1 aromatic heterocycles. The second-order valence-corrected chi connectivity index (χ2v) is 4.38. The van der Waals surface area contributed by atoms with E-state index in [1.807, 2.05) is 36.4 Å². The molecule has 3 aromatic rings. The van der Waals surface area contributed by atoms with E-state index in [1.165, 1.54) is 0 Å². The van der Waals surface area contributed by atoms with Crippen LogP contribution in [-0.4, -0.2) is 11.1 Å². The summed E-state index contributed by atoms with van der Waals surface area (Å²) in [6.45, 7) is 0. The van der Waals surface area contributed by atoms with Crippen molar-refractivity contribution in [2.45, 2.75) is 0 Å². The Hall–Kier alpha value is -2.88. The zero-order valence-electron chi connectivity index (χ0n) is 10.6. The lowest BCUT2D eigenvalue weighted by atomic mass is 10.1. The molecular formula is C16H12N2O2. The zero-order valence-corrected chi connectivity index (χ0v) is 10.6. The van der Waals surface area contributed by atoms with Gasteiger partial charge in [0.1, 0.15) is 5.69 Å². The number of carbonyl (C=O) groups excluding carboxylic acids is 1. The Bertz CT molecular complexity index is 731. The van der Waals surface area contributed by atoms with E-state index in [2.05, 4.69) is 5.16 Å². The van der Waals surface area contributed by atoms with Crippen LogP contribution in [0.4, 0.5) is 0 Å². The predicted octanol–water partition coefficient (Wildman–Crippen LogP) is 3.11. The van der Waals surface area contributed by atoms with Crippen LogP contribution < -0.4 is 5.73 Å². The fourth-order valence-electron chi connectivity index (χ4n) is 1.95. The zero-order chi connectivity index (χ0) is 13.9. The summed E-state index contributed by atoms with van der Waals surface area (Å²) in [4.78, 5) is 11.0. The first-order chi connectivity index (χ1) is 9.74. The van der Waals surface area contributed by atoms with E-state index in [1.54, 1.807) is 24.3 Å². The van der Waals surface area contributed by atoms with Crippen molar-refractivity contribution in [3.63, 3.8) is 0 Å². The summed E-state index contributed by atoms with van der Waals surface area (Å²) in [6.07, 6.45) is 0. The van der Waals surface area contributed by atoms with Gasteiger partial charge in [-0.25, -0.2) is 0 Å². The van der Waals surface area contributed by atoms with Gasteiger partial charge in [0.25, 0.3) is 0 Å². The van der Waals surface area contributed by atoms with E-state index < -0.39 is 5.91 Å². The molecule has 0 spiro atoms. The number of hydrogen-bond acceptors (Lipinski definition) is 3. The molecule has 4 nitrogen and oxygen atoms in total. The molecule has 0 unspecified atom stereocenters. The molecule has 0 fully saturated rings. The Labute approximate surface area is 115 Å². The molecule has 0 aliphatic heterocycles. The number of amides is 1. The molecule has 4 heteroatoms. The Morgan fingerprint density at radius 2 is 1.65 bits per heavy atom. The van der Waals surface area contributed by atoms with Crippen LogP contribution in [0.3, 0.4) is 0 Å². The normalized spacial score (nSPS) is 10.4. The molecule has 0 saturated heterocycles. The highest BCUT2D eigenvalue weighted by Crippen LogP contribution is 2.25. The minimum atomic E-state index is -0.443. The molecule has 3 rings (SSSR count). The Morgan fingerprint density at radius 1 is 0.950 bits per heavy atom. The summed E-state index contributed by atoms with van der Waals surface area (Å²) in [5.74, 6) is 0.265. The van der Waals surface area contributed by atoms with Gasteiger partial charge in [-0.3, -0.25) is 4.79 Å². The van der Waals surface area contributed by atoms with Crippen molar-refractivity contribution in [1.82, 2.24) is 5.16 Å². The van der Waals surface area contributed by atoms with Crippen LogP contribution >= 0.6 is 0 Å². The standard InChI is InChI=1S/C16H12N2O2/c17-16(19)13-8-6-11(7-9-13)14-10-15(20-18-14)12-4-2-1-3-5-12/h1-10H,(H2,17,19). The number of benzene rings is 2. The van der Waals surface area contributed by atoms with Gasteiger partial charge in [-0.15, -0.1) is 0 Å². The summed E-state index contributed by atoms with van der Waals surface area (Å²) in [5, 5.41) is 4.05. The topological polar surface area (TPSA) is 69.1 Å². The summed E-state index contributed by atoms with van der Waals surface area (Å²) < 4.78 is 5.34. The summed E-state index contributed by atoms with van der Waals surface area (Å²) >= 11 is 0. The quantitative estimate of drug-likeness (QED) is 0.790. The predicted molar refractivity (Wildman–Crippen MR) is 75.9 cm³/mol. The van der Waals surface area contributed by atoms with E-state index in [-0.39, 0.29) is 0 Å². The van der Waals surface area contributed by atoms with Crippen LogP contribution in [0.25, 0.3) is 22.6 Å². The van der Waals surface area contributed by atoms with Crippen molar-refractivity contribution in [1.29, 1.82) is 0 Å². The molecule has 2 aromatic carbocycles. The molecule has 0 radical (unpaired) electrons. The van der Waals surface area contributed by atoms with Gasteiger partial charge >= 0.3 is 0 Å². The molecule has 2 N–H and O–H groups in total. The lowest BCUT2D eigenvalue weighted by Crippen LogP contribution is -2.10. The maximum Gasteiger partial charge on any atom is 0.248 e. The second kappa shape index (κ2) is 5.01. The minimum Gasteiger partial charge on any atom is -0.366 e. The van der Waals surface area contributed by atoms with Gasteiger partial charge < -0.3 is 10.3 Å². The van der Waals surface area contributed by atoms with E-state index in [0.29, 0.717) is 11.3 Å². The van der Waals surface area contributed by atoms with E-state index in [0.717, 1.165) is 16.8 Å². The number of rotatable bonds is 3. The van der Waals surface area contributed by atoms with Gasteiger partial charge in [0.05, 0.1) is 0 Å². The number of aromatic nitrogens is 1. The molecule has 20 heavy (non-hydrogen) atoms. The van der Waals surface area contributed by atoms with Gasteiger partial charge in [-0.1, -0.05) is 47.6 Å². The number of nitrogens with zero attached hydrogens (tertiary/aromatic N) is 1. The lowest BCUT2D eigenvalue weighted by molar-refractivity contribution is 0.100. The van der Waals surface area contributed by atoms with Gasteiger partial charge in [0, 0.05) is 22.8 Å². The van der Waals surface area contributed by atoms with Crippen molar-refractivity contribution in [3.8, 4) is 22.6 Å². The number of carbonyl (C=O) groups is 1. The third-order valence-electron chi connectivity index (χ3n) is 3.03. The largest absolute Gasteiger partial charge is 0.366 e. The van der Waals surface area contributed by atoms with E-state index >= 15 is 0 Å². The summed E-state index contributed by atoms with van der Waals surface area (Å²) in [7, 11) is 0. The third kappa shape index (κ3) is 2.31. The minimum absolute atomic E-state index is 0.443. The van der Waals surface area contributed by atoms with E-state index in [9.17, 15) is 4.79 Å². The Kier molecular flexibility index (Phi) is 3.05.